The van der Waals surface area contributed by atoms with Gasteiger partial charge in [-0.25, -0.2) is 0 Å². The first-order chi connectivity index (χ1) is 13.4. The van der Waals surface area contributed by atoms with E-state index < -0.39 is 0 Å². The summed E-state index contributed by atoms with van der Waals surface area (Å²) in [6.45, 7) is 7.89. The van der Waals surface area contributed by atoms with E-state index in [1.54, 1.807) is 0 Å². The molecule has 27 heavy (non-hydrogen) atoms. The molecule has 3 rings (SSSR count). The molecule has 4 heteroatoms. The van der Waals surface area contributed by atoms with E-state index in [4.69, 9.17) is 9.47 Å². The van der Waals surface area contributed by atoms with Crippen LogP contribution in [-0.2, 0) is 11.2 Å². The van der Waals surface area contributed by atoms with Gasteiger partial charge in [0.15, 0.2) is 0 Å². The lowest BCUT2D eigenvalue weighted by atomic mass is 10.0. The van der Waals surface area contributed by atoms with Crippen molar-refractivity contribution in [2.24, 2.45) is 0 Å². The summed E-state index contributed by atoms with van der Waals surface area (Å²) in [6.07, 6.45) is 3.13. The van der Waals surface area contributed by atoms with Crippen molar-refractivity contribution in [3.05, 3.63) is 65.7 Å². The van der Waals surface area contributed by atoms with Crippen molar-refractivity contribution in [2.75, 3.05) is 52.5 Å². The van der Waals surface area contributed by atoms with Crippen molar-refractivity contribution >= 4 is 0 Å². The van der Waals surface area contributed by atoms with Crippen molar-refractivity contribution < 1.29 is 9.47 Å². The Morgan fingerprint density at radius 3 is 2.52 bits per heavy atom. The van der Waals surface area contributed by atoms with Gasteiger partial charge < -0.3 is 14.8 Å². The maximum absolute atomic E-state index is 6.06. The van der Waals surface area contributed by atoms with E-state index in [2.05, 4.69) is 64.8 Å². The minimum atomic E-state index is 0.775. The monoisotopic (exact) mass is 368 g/mol. The van der Waals surface area contributed by atoms with E-state index in [0.29, 0.717) is 0 Å². The number of nitrogens with one attached hydrogen (secondary N) is 1. The van der Waals surface area contributed by atoms with E-state index in [1.165, 1.54) is 11.1 Å². The van der Waals surface area contributed by atoms with Gasteiger partial charge in [0, 0.05) is 32.6 Å². The van der Waals surface area contributed by atoms with Crippen molar-refractivity contribution in [3.63, 3.8) is 0 Å². The highest BCUT2D eigenvalue weighted by Crippen LogP contribution is 2.21. The maximum Gasteiger partial charge on any atom is 0.122 e. The Balaban J connectivity index is 1.29. The minimum Gasteiger partial charge on any atom is -0.493 e. The molecule has 0 spiro atoms. The Hall–Kier alpha value is -1.88. The maximum atomic E-state index is 6.06. The molecule has 1 aliphatic rings. The molecule has 0 amide bonds. The summed E-state index contributed by atoms with van der Waals surface area (Å²) in [6, 6.07) is 18.9. The first-order valence-electron chi connectivity index (χ1n) is 10.2. The van der Waals surface area contributed by atoms with Crippen molar-refractivity contribution in [1.29, 1.82) is 0 Å². The molecule has 0 aliphatic carbocycles. The predicted molar refractivity (Wildman–Crippen MR) is 111 cm³/mol. The van der Waals surface area contributed by atoms with Crippen LogP contribution in [0.4, 0.5) is 0 Å². The average molecular weight is 369 g/mol. The third kappa shape index (κ3) is 7.33. The molecule has 1 N–H and O–H groups in total. The fourth-order valence-electron chi connectivity index (χ4n) is 3.33. The zero-order valence-corrected chi connectivity index (χ0v) is 16.2. The average Bonchev–Trinajstić information content (AvgIpc) is 2.73. The van der Waals surface area contributed by atoms with Crippen LogP contribution in [0.25, 0.3) is 0 Å². The molecule has 1 fully saturated rings. The van der Waals surface area contributed by atoms with Gasteiger partial charge in [0.2, 0.25) is 0 Å². The number of unbranched alkanes of at least 4 members (excludes halogenated alkanes) is 1. The molecular weight excluding hydrogens is 336 g/mol. The molecule has 0 atom stereocenters. The quantitative estimate of drug-likeness (QED) is 0.617. The van der Waals surface area contributed by atoms with Crippen LogP contribution in [0.2, 0.25) is 0 Å². The number of ether oxygens (including phenoxy) is 2. The van der Waals surface area contributed by atoms with Crippen LogP contribution in [0.15, 0.2) is 54.6 Å². The SMILES string of the molecule is c1ccc(Cc2ccccc2OCCCCNCCN2CCOCC2)cc1. The first kappa shape index (κ1) is 19.9. The van der Waals surface area contributed by atoms with Gasteiger partial charge in [0.25, 0.3) is 0 Å². The van der Waals surface area contributed by atoms with Gasteiger partial charge in [-0.2, -0.15) is 0 Å². The molecule has 1 saturated heterocycles. The van der Waals surface area contributed by atoms with Crippen LogP contribution in [0.1, 0.15) is 24.0 Å². The van der Waals surface area contributed by atoms with Crippen LogP contribution in [0.5, 0.6) is 5.75 Å². The first-order valence-corrected chi connectivity index (χ1v) is 10.2. The highest BCUT2D eigenvalue weighted by atomic mass is 16.5. The Kier molecular flexibility index (Phi) is 8.65. The van der Waals surface area contributed by atoms with E-state index in [-0.39, 0.29) is 0 Å². The lowest BCUT2D eigenvalue weighted by Crippen LogP contribution is -2.40. The molecule has 0 saturated carbocycles. The van der Waals surface area contributed by atoms with E-state index in [0.717, 1.165) is 77.6 Å². The highest BCUT2D eigenvalue weighted by molar-refractivity contribution is 5.37. The lowest BCUT2D eigenvalue weighted by molar-refractivity contribution is 0.0384. The van der Waals surface area contributed by atoms with Gasteiger partial charge in [-0.15, -0.1) is 0 Å². The van der Waals surface area contributed by atoms with Crippen LogP contribution in [-0.4, -0.2) is 57.4 Å². The van der Waals surface area contributed by atoms with Crippen LogP contribution in [0.3, 0.4) is 0 Å². The van der Waals surface area contributed by atoms with Crippen LogP contribution < -0.4 is 10.1 Å². The summed E-state index contributed by atoms with van der Waals surface area (Å²) < 4.78 is 11.4. The Morgan fingerprint density at radius 2 is 1.67 bits per heavy atom. The standard InChI is InChI=1S/C23H32N2O2/c1-2-8-21(9-3-1)20-22-10-4-5-11-23(22)27-17-7-6-12-24-13-14-25-15-18-26-19-16-25/h1-5,8-11,24H,6-7,12-20H2. The molecule has 0 unspecified atom stereocenters. The molecule has 4 nitrogen and oxygen atoms in total. The second kappa shape index (κ2) is 11.8. The predicted octanol–water partition coefficient (Wildman–Crippen LogP) is 3.36. The zero-order valence-electron chi connectivity index (χ0n) is 16.2. The summed E-state index contributed by atoms with van der Waals surface area (Å²) in [5.74, 6) is 1.02. The van der Waals surface area contributed by atoms with Crippen LogP contribution >= 0.6 is 0 Å². The summed E-state index contributed by atoms with van der Waals surface area (Å²) >= 11 is 0. The normalized spacial score (nSPS) is 15.0. The summed E-state index contributed by atoms with van der Waals surface area (Å²) in [5.41, 5.74) is 2.57. The number of hydrogen-bond donors (Lipinski definition) is 1. The molecule has 1 aliphatic heterocycles. The third-order valence-corrected chi connectivity index (χ3v) is 4.92. The van der Waals surface area contributed by atoms with Gasteiger partial charge >= 0.3 is 0 Å². The molecule has 2 aromatic rings. The zero-order chi connectivity index (χ0) is 18.6. The van der Waals surface area contributed by atoms with Gasteiger partial charge in [-0.3, -0.25) is 4.90 Å². The number of rotatable bonds is 11. The number of benzene rings is 2. The summed E-state index contributed by atoms with van der Waals surface area (Å²) in [4.78, 5) is 2.46. The summed E-state index contributed by atoms with van der Waals surface area (Å²) in [5, 5.41) is 3.54. The van der Waals surface area contributed by atoms with E-state index in [9.17, 15) is 0 Å². The third-order valence-electron chi connectivity index (χ3n) is 4.92. The Labute approximate surface area is 163 Å². The van der Waals surface area contributed by atoms with Crippen molar-refractivity contribution in [3.8, 4) is 5.75 Å². The second-order valence-electron chi connectivity index (χ2n) is 7.03. The molecule has 1 heterocycles. The van der Waals surface area contributed by atoms with Gasteiger partial charge in [0.05, 0.1) is 19.8 Å². The van der Waals surface area contributed by atoms with Crippen molar-refractivity contribution in [2.45, 2.75) is 19.3 Å². The van der Waals surface area contributed by atoms with E-state index >= 15 is 0 Å². The largest absolute Gasteiger partial charge is 0.493 e. The van der Waals surface area contributed by atoms with E-state index in [1.807, 2.05) is 0 Å². The minimum absolute atomic E-state index is 0.775. The second-order valence-corrected chi connectivity index (χ2v) is 7.03. The lowest BCUT2D eigenvalue weighted by Gasteiger charge is -2.26. The number of para-hydroxylation sites is 1. The molecule has 0 bridgehead atoms. The number of nitrogens with zero attached hydrogens (tertiary/aromatic N) is 1. The van der Waals surface area contributed by atoms with Gasteiger partial charge in [-0.1, -0.05) is 48.5 Å². The van der Waals surface area contributed by atoms with Gasteiger partial charge in [-0.05, 0) is 36.6 Å². The molecule has 2 aromatic carbocycles. The topological polar surface area (TPSA) is 33.7 Å². The smallest absolute Gasteiger partial charge is 0.122 e. The number of hydrogen-bond acceptors (Lipinski definition) is 4. The fourth-order valence-corrected chi connectivity index (χ4v) is 3.33. The highest BCUT2D eigenvalue weighted by Gasteiger charge is 2.08. The molecule has 0 aromatic heterocycles. The molecular formula is C23H32N2O2. The fraction of sp³-hybridized carbons (Fsp3) is 0.478. The van der Waals surface area contributed by atoms with Gasteiger partial charge in [0.1, 0.15) is 5.75 Å². The number of morpholine rings is 1. The summed E-state index contributed by atoms with van der Waals surface area (Å²) in [7, 11) is 0. The van der Waals surface area contributed by atoms with Crippen molar-refractivity contribution in [1.82, 2.24) is 10.2 Å². The van der Waals surface area contributed by atoms with Crippen LogP contribution in [0, 0.1) is 0 Å². The Morgan fingerprint density at radius 1 is 0.889 bits per heavy atom. The molecule has 146 valence electrons. The Bertz CT molecular complexity index is 642. The molecule has 0 radical (unpaired) electrons.